The summed E-state index contributed by atoms with van der Waals surface area (Å²) in [7, 11) is 3.11. The molecule has 0 heterocycles. The van der Waals surface area contributed by atoms with Crippen molar-refractivity contribution in [2.75, 3.05) is 19.5 Å². The highest BCUT2D eigenvalue weighted by molar-refractivity contribution is 5.88. The fourth-order valence-corrected chi connectivity index (χ4v) is 2.90. The number of methoxy groups -OCH3 is 2. The molecule has 134 valence electrons. The second kappa shape index (κ2) is 6.51. The van der Waals surface area contributed by atoms with Gasteiger partial charge >= 0.3 is 6.09 Å². The van der Waals surface area contributed by atoms with E-state index < -0.39 is 11.7 Å². The van der Waals surface area contributed by atoms with Crippen LogP contribution in [-0.2, 0) is 10.2 Å². The van der Waals surface area contributed by atoms with Gasteiger partial charge in [-0.05, 0) is 58.2 Å². The van der Waals surface area contributed by atoms with E-state index in [-0.39, 0.29) is 11.5 Å². The number of benzene rings is 1. The number of carbonyl (C=O) groups excluding carboxylic acids is 1. The van der Waals surface area contributed by atoms with E-state index in [9.17, 15) is 4.79 Å². The summed E-state index contributed by atoms with van der Waals surface area (Å²) in [6.45, 7) is 7.45. The molecule has 6 heteroatoms. The summed E-state index contributed by atoms with van der Waals surface area (Å²) in [5, 5.41) is 2.76. The van der Waals surface area contributed by atoms with Gasteiger partial charge in [-0.3, -0.25) is 5.32 Å². The number of hydrogen-bond donors (Lipinski definition) is 2. The molecule has 1 aliphatic rings. The van der Waals surface area contributed by atoms with E-state index >= 15 is 0 Å². The number of rotatable bonds is 5. The number of carbonyl (C=O) groups is 1. The fourth-order valence-electron chi connectivity index (χ4n) is 2.90. The van der Waals surface area contributed by atoms with Crippen molar-refractivity contribution in [2.24, 2.45) is 5.73 Å². The molecule has 0 spiro atoms. The molecule has 1 aromatic rings. The van der Waals surface area contributed by atoms with Crippen LogP contribution in [0.25, 0.3) is 0 Å². The van der Waals surface area contributed by atoms with Crippen molar-refractivity contribution in [3.05, 3.63) is 17.7 Å². The second-order valence-electron chi connectivity index (χ2n) is 7.33. The molecule has 1 fully saturated rings. The molecule has 1 aromatic carbocycles. The van der Waals surface area contributed by atoms with Gasteiger partial charge in [0.15, 0.2) is 11.5 Å². The van der Waals surface area contributed by atoms with Crippen molar-refractivity contribution in [3.63, 3.8) is 0 Å². The van der Waals surface area contributed by atoms with Crippen molar-refractivity contribution < 1.29 is 19.0 Å². The topological polar surface area (TPSA) is 82.8 Å². The van der Waals surface area contributed by atoms with Gasteiger partial charge in [-0.15, -0.1) is 0 Å². The van der Waals surface area contributed by atoms with Gasteiger partial charge in [0, 0.05) is 11.5 Å². The maximum absolute atomic E-state index is 12.2. The Kier molecular flexibility index (Phi) is 4.99. The molecule has 0 bridgehead atoms. The Bertz CT molecular complexity index is 616. The molecule has 1 saturated carbocycles. The number of hydrogen-bond acceptors (Lipinski definition) is 5. The minimum atomic E-state index is -0.581. The van der Waals surface area contributed by atoms with Gasteiger partial charge in [0.25, 0.3) is 0 Å². The Morgan fingerprint density at radius 1 is 1.25 bits per heavy atom. The van der Waals surface area contributed by atoms with Crippen LogP contribution >= 0.6 is 0 Å². The second-order valence-corrected chi connectivity index (χ2v) is 7.33. The van der Waals surface area contributed by atoms with Crippen LogP contribution in [0.1, 0.15) is 46.1 Å². The van der Waals surface area contributed by atoms with E-state index in [0.29, 0.717) is 17.2 Å². The summed E-state index contributed by atoms with van der Waals surface area (Å²) in [5.74, 6) is 1.03. The summed E-state index contributed by atoms with van der Waals surface area (Å²) in [4.78, 5) is 12.2. The molecule has 1 atom stereocenters. The predicted octanol–water partition coefficient (Wildman–Crippen LogP) is 3.43. The van der Waals surface area contributed by atoms with Crippen molar-refractivity contribution in [1.82, 2.24) is 0 Å². The van der Waals surface area contributed by atoms with E-state index in [1.54, 1.807) is 7.11 Å². The van der Waals surface area contributed by atoms with Crippen molar-refractivity contribution >= 4 is 11.8 Å². The molecule has 0 saturated heterocycles. The summed E-state index contributed by atoms with van der Waals surface area (Å²) >= 11 is 0. The number of anilines is 1. The smallest absolute Gasteiger partial charge is 0.412 e. The lowest BCUT2D eigenvalue weighted by molar-refractivity contribution is 0.0635. The Hall–Kier alpha value is -1.95. The van der Waals surface area contributed by atoms with Crippen LogP contribution in [0.4, 0.5) is 10.5 Å². The monoisotopic (exact) mass is 336 g/mol. The van der Waals surface area contributed by atoms with Crippen molar-refractivity contribution in [3.8, 4) is 11.5 Å². The van der Waals surface area contributed by atoms with Gasteiger partial charge in [0.1, 0.15) is 5.60 Å². The predicted molar refractivity (Wildman–Crippen MR) is 94.0 cm³/mol. The maximum Gasteiger partial charge on any atom is 0.412 e. The molecule has 0 radical (unpaired) electrons. The molecule has 1 unspecified atom stereocenters. The molecule has 2 rings (SSSR count). The Morgan fingerprint density at radius 3 is 2.29 bits per heavy atom. The van der Waals surface area contributed by atoms with E-state index in [1.165, 1.54) is 7.11 Å². The lowest BCUT2D eigenvalue weighted by atomic mass is 9.89. The minimum absolute atomic E-state index is 0.0185. The Balaban J connectivity index is 2.40. The van der Waals surface area contributed by atoms with Crippen LogP contribution in [0.2, 0.25) is 0 Å². The summed E-state index contributed by atoms with van der Waals surface area (Å²) in [6.07, 6.45) is 1.50. The standard InChI is InChI=1S/C18H28N2O4/c1-11(19)18(7-8-18)12-9-13(15(23-6)14(10-12)22-5)20-16(21)24-17(2,3)4/h9-11H,7-8,19H2,1-6H3,(H,20,21). The fraction of sp³-hybridized carbons (Fsp3) is 0.611. The highest BCUT2D eigenvalue weighted by Gasteiger charge is 2.48. The van der Waals surface area contributed by atoms with Crippen LogP contribution in [0, 0.1) is 0 Å². The maximum atomic E-state index is 12.2. The quantitative estimate of drug-likeness (QED) is 0.861. The number of nitrogens with one attached hydrogen (secondary N) is 1. The molecule has 0 aromatic heterocycles. The third kappa shape index (κ3) is 3.75. The first kappa shape index (κ1) is 18.4. The Morgan fingerprint density at radius 2 is 1.88 bits per heavy atom. The van der Waals surface area contributed by atoms with Crippen LogP contribution in [0.5, 0.6) is 11.5 Å². The van der Waals surface area contributed by atoms with Gasteiger partial charge in [0.2, 0.25) is 0 Å². The minimum Gasteiger partial charge on any atom is -0.493 e. The highest BCUT2D eigenvalue weighted by atomic mass is 16.6. The van der Waals surface area contributed by atoms with Gasteiger partial charge in [-0.25, -0.2) is 4.79 Å². The molecule has 0 aliphatic heterocycles. The van der Waals surface area contributed by atoms with Gasteiger partial charge in [0.05, 0.1) is 19.9 Å². The van der Waals surface area contributed by atoms with Gasteiger partial charge in [-0.2, -0.15) is 0 Å². The molecular weight excluding hydrogens is 308 g/mol. The summed E-state index contributed by atoms with van der Waals surface area (Å²) in [5.41, 5.74) is 7.09. The largest absolute Gasteiger partial charge is 0.493 e. The average Bonchev–Trinajstić information content (AvgIpc) is 3.25. The van der Waals surface area contributed by atoms with Crippen LogP contribution in [-0.4, -0.2) is 32.0 Å². The third-order valence-electron chi connectivity index (χ3n) is 4.35. The van der Waals surface area contributed by atoms with E-state index in [0.717, 1.165) is 18.4 Å². The number of nitrogens with two attached hydrogens (primary N) is 1. The van der Waals surface area contributed by atoms with E-state index in [2.05, 4.69) is 5.32 Å². The third-order valence-corrected chi connectivity index (χ3v) is 4.35. The zero-order chi connectivity index (χ0) is 18.1. The number of amides is 1. The average molecular weight is 336 g/mol. The molecule has 24 heavy (non-hydrogen) atoms. The molecule has 6 nitrogen and oxygen atoms in total. The molecule has 3 N–H and O–H groups in total. The molecular formula is C18H28N2O4. The molecule has 1 aliphatic carbocycles. The van der Waals surface area contributed by atoms with Crippen LogP contribution in [0.3, 0.4) is 0 Å². The zero-order valence-electron chi connectivity index (χ0n) is 15.4. The van der Waals surface area contributed by atoms with Gasteiger partial charge < -0.3 is 19.9 Å². The first-order chi connectivity index (χ1) is 11.1. The van der Waals surface area contributed by atoms with E-state index in [1.807, 2.05) is 39.8 Å². The molecule has 1 amide bonds. The lowest BCUT2D eigenvalue weighted by Crippen LogP contribution is -2.32. The summed E-state index contributed by atoms with van der Waals surface area (Å²) < 4.78 is 16.2. The van der Waals surface area contributed by atoms with Crippen molar-refractivity contribution in [2.45, 2.75) is 57.6 Å². The first-order valence-corrected chi connectivity index (χ1v) is 8.15. The summed E-state index contributed by atoms with van der Waals surface area (Å²) in [6, 6.07) is 3.86. The van der Waals surface area contributed by atoms with Crippen molar-refractivity contribution in [1.29, 1.82) is 0 Å². The van der Waals surface area contributed by atoms with Crippen LogP contribution < -0.4 is 20.5 Å². The Labute approximate surface area is 143 Å². The highest BCUT2D eigenvalue weighted by Crippen LogP contribution is 2.53. The number of ether oxygens (including phenoxy) is 3. The van der Waals surface area contributed by atoms with E-state index in [4.69, 9.17) is 19.9 Å². The zero-order valence-corrected chi connectivity index (χ0v) is 15.4. The normalized spacial score (nSPS) is 17.0. The van der Waals surface area contributed by atoms with Crippen LogP contribution in [0.15, 0.2) is 12.1 Å². The van der Waals surface area contributed by atoms with Gasteiger partial charge in [-0.1, -0.05) is 0 Å². The lowest BCUT2D eigenvalue weighted by Gasteiger charge is -2.24. The first-order valence-electron chi connectivity index (χ1n) is 8.15. The SMILES string of the molecule is COc1cc(C2(C(C)N)CC2)cc(NC(=O)OC(C)(C)C)c1OC.